The fraction of sp³-hybridized carbons (Fsp3) is 0.273. The third-order valence-electron chi connectivity index (χ3n) is 2.63. The van der Waals surface area contributed by atoms with E-state index in [1.807, 2.05) is 17.7 Å². The van der Waals surface area contributed by atoms with Gasteiger partial charge in [0.05, 0.1) is 10.5 Å². The van der Waals surface area contributed by atoms with E-state index < -0.39 is 0 Å². The van der Waals surface area contributed by atoms with Crippen LogP contribution in [0.2, 0.25) is 5.02 Å². The van der Waals surface area contributed by atoms with Gasteiger partial charge >= 0.3 is 0 Å². The molecule has 0 aliphatic rings. The van der Waals surface area contributed by atoms with Crippen LogP contribution in [-0.4, -0.2) is 16.2 Å². The number of hydrogen-bond acceptors (Lipinski definition) is 2. The number of phenols is 1. The fourth-order valence-corrected chi connectivity index (χ4v) is 2.29. The van der Waals surface area contributed by atoms with Crippen LogP contribution in [0.15, 0.2) is 18.2 Å². The van der Waals surface area contributed by atoms with Gasteiger partial charge in [0.15, 0.2) is 0 Å². The maximum atomic E-state index is 9.75. The Kier molecular flexibility index (Phi) is 2.59. The molecule has 0 aliphatic heterocycles. The Morgan fingerprint density at radius 1 is 1.47 bits per heavy atom. The average Bonchev–Trinajstić information content (AvgIpc) is 2.45. The van der Waals surface area contributed by atoms with E-state index in [-0.39, 0.29) is 5.75 Å². The summed E-state index contributed by atoms with van der Waals surface area (Å²) in [5, 5.41) is 11.3. The predicted octanol–water partition coefficient (Wildman–Crippen LogP) is 2.04. The number of fused-ring (bicyclic) bond motifs is 1. The second kappa shape index (κ2) is 3.76. The van der Waals surface area contributed by atoms with E-state index in [1.54, 1.807) is 12.1 Å². The highest BCUT2D eigenvalue weighted by Crippen LogP contribution is 2.34. The molecule has 0 unspecified atom stereocenters. The van der Waals surface area contributed by atoms with Crippen molar-refractivity contribution in [3.05, 3.63) is 28.9 Å². The lowest BCUT2D eigenvalue weighted by Gasteiger charge is -2.03. The molecule has 1 aromatic carbocycles. The molecule has 0 fully saturated rings. The molecule has 0 bridgehead atoms. The Hall–Kier alpha value is -1.19. The fourth-order valence-electron chi connectivity index (χ4n) is 1.91. The van der Waals surface area contributed by atoms with E-state index >= 15 is 0 Å². The normalized spacial score (nSPS) is 11.1. The van der Waals surface area contributed by atoms with Crippen molar-refractivity contribution in [2.24, 2.45) is 12.8 Å². The van der Waals surface area contributed by atoms with E-state index in [9.17, 15) is 5.11 Å². The zero-order chi connectivity index (χ0) is 11.0. The molecule has 1 heterocycles. The molecule has 0 radical (unpaired) electrons. The van der Waals surface area contributed by atoms with E-state index in [0.717, 1.165) is 16.6 Å². The molecule has 0 spiro atoms. The second-order valence-electron chi connectivity index (χ2n) is 3.53. The number of para-hydroxylation sites is 1. The molecule has 3 N–H and O–H groups in total. The first-order valence-corrected chi connectivity index (χ1v) is 5.19. The molecule has 2 rings (SSSR count). The summed E-state index contributed by atoms with van der Waals surface area (Å²) < 4.78 is 1.90. The first kappa shape index (κ1) is 10.3. The van der Waals surface area contributed by atoms with Gasteiger partial charge in [-0.25, -0.2) is 0 Å². The summed E-state index contributed by atoms with van der Waals surface area (Å²) in [6.45, 7) is 0.546. The van der Waals surface area contributed by atoms with Crippen molar-refractivity contribution in [1.82, 2.24) is 4.57 Å². The van der Waals surface area contributed by atoms with Crippen LogP contribution in [0.25, 0.3) is 10.9 Å². The van der Waals surface area contributed by atoms with Crippen LogP contribution in [0, 0.1) is 0 Å². The van der Waals surface area contributed by atoms with E-state index in [0.29, 0.717) is 18.0 Å². The smallest absolute Gasteiger partial charge is 0.139 e. The van der Waals surface area contributed by atoms with Crippen molar-refractivity contribution in [2.75, 3.05) is 6.54 Å². The Balaban J connectivity index is 2.79. The minimum atomic E-state index is 0.250. The van der Waals surface area contributed by atoms with Gasteiger partial charge in [0.2, 0.25) is 0 Å². The Morgan fingerprint density at radius 3 is 2.80 bits per heavy atom. The molecule has 80 valence electrons. The number of phenolic OH excluding ortho intramolecular Hbond substituents is 1. The molecular weight excluding hydrogens is 212 g/mol. The second-order valence-corrected chi connectivity index (χ2v) is 3.91. The zero-order valence-electron chi connectivity index (χ0n) is 8.50. The zero-order valence-corrected chi connectivity index (χ0v) is 9.25. The quantitative estimate of drug-likeness (QED) is 0.820. The molecule has 2 aromatic rings. The average molecular weight is 225 g/mol. The maximum absolute atomic E-state index is 9.75. The van der Waals surface area contributed by atoms with Crippen LogP contribution in [-0.2, 0) is 13.5 Å². The lowest BCUT2D eigenvalue weighted by Crippen LogP contribution is -2.06. The predicted molar refractivity (Wildman–Crippen MR) is 62.4 cm³/mol. The molecule has 0 aliphatic carbocycles. The van der Waals surface area contributed by atoms with Crippen molar-refractivity contribution < 1.29 is 5.11 Å². The van der Waals surface area contributed by atoms with Gasteiger partial charge in [-0.3, -0.25) is 0 Å². The van der Waals surface area contributed by atoms with Crippen molar-refractivity contribution in [2.45, 2.75) is 6.42 Å². The number of aromatic hydroxyl groups is 1. The van der Waals surface area contributed by atoms with E-state index in [2.05, 4.69) is 0 Å². The minimum Gasteiger partial charge on any atom is -0.506 e. The van der Waals surface area contributed by atoms with Crippen LogP contribution in [0.3, 0.4) is 0 Å². The first-order valence-electron chi connectivity index (χ1n) is 4.81. The summed E-state index contributed by atoms with van der Waals surface area (Å²) in [6.07, 6.45) is 0.712. The number of rotatable bonds is 2. The highest BCUT2D eigenvalue weighted by molar-refractivity contribution is 6.36. The van der Waals surface area contributed by atoms with Gasteiger partial charge in [-0.15, -0.1) is 0 Å². The molecule has 0 atom stereocenters. The van der Waals surface area contributed by atoms with E-state index in [4.69, 9.17) is 17.3 Å². The highest BCUT2D eigenvalue weighted by atomic mass is 35.5. The number of aromatic nitrogens is 1. The van der Waals surface area contributed by atoms with Crippen LogP contribution in [0.1, 0.15) is 5.69 Å². The SMILES string of the molecule is Cn1c(CCN)c(Cl)c2cccc(O)c21. The third-order valence-corrected chi connectivity index (χ3v) is 3.05. The standard InChI is InChI=1S/C11H13ClN2O/c1-14-8(5-6-13)10(12)7-3-2-4-9(15)11(7)14/h2-4,15H,5-6,13H2,1H3. The largest absolute Gasteiger partial charge is 0.506 e. The Bertz CT molecular complexity index is 505. The van der Waals surface area contributed by atoms with Crippen molar-refractivity contribution in [1.29, 1.82) is 0 Å². The van der Waals surface area contributed by atoms with Gasteiger partial charge in [-0.2, -0.15) is 0 Å². The van der Waals surface area contributed by atoms with E-state index in [1.165, 1.54) is 0 Å². The first-order chi connectivity index (χ1) is 7.16. The van der Waals surface area contributed by atoms with Gasteiger partial charge in [0, 0.05) is 24.5 Å². The molecular formula is C11H13ClN2O. The highest BCUT2D eigenvalue weighted by Gasteiger charge is 2.14. The number of halogens is 1. The molecule has 4 heteroatoms. The minimum absolute atomic E-state index is 0.250. The molecule has 0 amide bonds. The summed E-state index contributed by atoms with van der Waals surface area (Å²) in [5.74, 6) is 0.250. The lowest BCUT2D eigenvalue weighted by atomic mass is 10.2. The van der Waals surface area contributed by atoms with Crippen LogP contribution in [0.4, 0.5) is 0 Å². The van der Waals surface area contributed by atoms with Crippen molar-refractivity contribution in [3.63, 3.8) is 0 Å². The summed E-state index contributed by atoms with van der Waals surface area (Å²) in [4.78, 5) is 0. The summed E-state index contributed by atoms with van der Waals surface area (Å²) in [5.41, 5.74) is 7.26. The van der Waals surface area contributed by atoms with Gasteiger partial charge in [0.25, 0.3) is 0 Å². The number of benzene rings is 1. The summed E-state index contributed by atoms with van der Waals surface area (Å²) >= 11 is 6.23. The number of nitrogens with zero attached hydrogens (tertiary/aromatic N) is 1. The monoisotopic (exact) mass is 224 g/mol. The number of aryl methyl sites for hydroxylation is 1. The summed E-state index contributed by atoms with van der Waals surface area (Å²) in [7, 11) is 1.89. The van der Waals surface area contributed by atoms with Gasteiger partial charge in [0.1, 0.15) is 5.75 Å². The lowest BCUT2D eigenvalue weighted by molar-refractivity contribution is 0.478. The topological polar surface area (TPSA) is 51.2 Å². The van der Waals surface area contributed by atoms with Gasteiger partial charge < -0.3 is 15.4 Å². The Morgan fingerprint density at radius 2 is 2.20 bits per heavy atom. The third kappa shape index (κ3) is 1.48. The van der Waals surface area contributed by atoms with Crippen molar-refractivity contribution in [3.8, 4) is 5.75 Å². The van der Waals surface area contributed by atoms with Gasteiger partial charge in [-0.05, 0) is 12.6 Å². The molecule has 3 nitrogen and oxygen atoms in total. The molecule has 0 saturated carbocycles. The Labute approximate surface area is 93.1 Å². The molecule has 0 saturated heterocycles. The van der Waals surface area contributed by atoms with Gasteiger partial charge in [-0.1, -0.05) is 23.7 Å². The maximum Gasteiger partial charge on any atom is 0.139 e. The number of nitrogens with two attached hydrogens (primary N) is 1. The summed E-state index contributed by atoms with van der Waals surface area (Å²) in [6, 6.07) is 5.35. The molecule has 1 aromatic heterocycles. The van der Waals surface area contributed by atoms with Crippen molar-refractivity contribution >= 4 is 22.5 Å². The van der Waals surface area contributed by atoms with Crippen LogP contribution < -0.4 is 5.73 Å². The number of hydrogen-bond donors (Lipinski definition) is 2. The van der Waals surface area contributed by atoms with Crippen LogP contribution in [0.5, 0.6) is 5.75 Å². The molecule has 15 heavy (non-hydrogen) atoms. The van der Waals surface area contributed by atoms with Crippen LogP contribution >= 0.6 is 11.6 Å².